The van der Waals surface area contributed by atoms with Crippen LogP contribution in [-0.4, -0.2) is 26.5 Å². The van der Waals surface area contributed by atoms with Crippen molar-refractivity contribution in [3.8, 4) is 5.75 Å². The van der Waals surface area contributed by atoms with Gasteiger partial charge in [-0.15, -0.1) is 0 Å². The van der Waals surface area contributed by atoms with Gasteiger partial charge in [-0.25, -0.2) is 4.98 Å². The van der Waals surface area contributed by atoms with Crippen molar-refractivity contribution >= 4 is 22.4 Å². The number of hydrogen-bond acceptors (Lipinski definition) is 6. The number of nitro benzene ring substituents is 2. The smallest absolute Gasteiger partial charge is 0.345 e. The van der Waals surface area contributed by atoms with Crippen molar-refractivity contribution < 1.29 is 14.6 Å². The lowest BCUT2D eigenvalue weighted by Gasteiger charge is -2.06. The van der Waals surface area contributed by atoms with Crippen molar-refractivity contribution in [1.82, 2.24) is 9.55 Å². The van der Waals surface area contributed by atoms with Gasteiger partial charge in [-0.2, -0.15) is 0 Å². The van der Waals surface area contributed by atoms with Gasteiger partial charge in [0.1, 0.15) is 5.82 Å². The van der Waals surface area contributed by atoms with Crippen molar-refractivity contribution in [3.05, 3.63) is 32.1 Å². The number of rotatable bonds is 3. The molecule has 0 fully saturated rings. The minimum absolute atomic E-state index is 0.157. The summed E-state index contributed by atoms with van der Waals surface area (Å²) in [7, 11) is 1.18. The predicted octanol–water partition coefficient (Wildman–Crippen LogP) is 2.59. The summed E-state index contributed by atoms with van der Waals surface area (Å²) in [5, 5.41) is 22.6. The van der Waals surface area contributed by atoms with Crippen LogP contribution in [0.15, 0.2) is 6.07 Å². The fourth-order valence-electron chi connectivity index (χ4n) is 2.93. The third-order valence-corrected chi connectivity index (χ3v) is 3.90. The molecule has 0 amide bonds. The van der Waals surface area contributed by atoms with Gasteiger partial charge in [0.2, 0.25) is 0 Å². The first-order valence-electron chi connectivity index (χ1n) is 6.93. The molecule has 0 saturated heterocycles. The molecule has 0 saturated carbocycles. The minimum atomic E-state index is -0.666. The Kier molecular flexibility index (Phi) is 3.39. The van der Waals surface area contributed by atoms with E-state index < -0.39 is 21.2 Å². The monoisotopic (exact) mass is 306 g/mol. The summed E-state index contributed by atoms with van der Waals surface area (Å²) < 4.78 is 6.78. The number of nitro groups is 2. The van der Waals surface area contributed by atoms with Gasteiger partial charge in [0, 0.05) is 19.0 Å². The summed E-state index contributed by atoms with van der Waals surface area (Å²) in [6.45, 7) is 0.659. The zero-order chi connectivity index (χ0) is 15.9. The van der Waals surface area contributed by atoms with E-state index in [9.17, 15) is 20.2 Å². The van der Waals surface area contributed by atoms with Crippen LogP contribution in [0.1, 0.15) is 25.1 Å². The van der Waals surface area contributed by atoms with Gasteiger partial charge in [0.05, 0.1) is 22.5 Å². The van der Waals surface area contributed by atoms with Gasteiger partial charge in [0.15, 0.2) is 5.52 Å². The molecule has 1 aromatic carbocycles. The summed E-state index contributed by atoms with van der Waals surface area (Å²) >= 11 is 0. The molecule has 1 aliphatic rings. The molecule has 9 nitrogen and oxygen atoms in total. The number of ether oxygens (including phenoxy) is 1. The molecule has 0 aliphatic carbocycles. The Balaban J connectivity index is 2.40. The molecule has 0 radical (unpaired) electrons. The van der Waals surface area contributed by atoms with Gasteiger partial charge in [-0.3, -0.25) is 20.2 Å². The molecule has 0 spiro atoms. The van der Waals surface area contributed by atoms with E-state index in [1.54, 1.807) is 0 Å². The minimum Gasteiger partial charge on any atom is -0.485 e. The van der Waals surface area contributed by atoms with Crippen LogP contribution in [0.3, 0.4) is 0 Å². The second-order valence-electron chi connectivity index (χ2n) is 5.15. The maximum atomic E-state index is 11.4. The lowest BCUT2D eigenvalue weighted by molar-refractivity contribution is -0.394. The highest BCUT2D eigenvalue weighted by molar-refractivity contribution is 5.92. The fourth-order valence-corrected chi connectivity index (χ4v) is 2.93. The molecular weight excluding hydrogens is 292 g/mol. The molecule has 2 heterocycles. The molecule has 3 rings (SSSR count). The van der Waals surface area contributed by atoms with Gasteiger partial charge in [0.25, 0.3) is 5.75 Å². The number of imidazole rings is 1. The summed E-state index contributed by atoms with van der Waals surface area (Å²) in [5.74, 6) is 0.383. The zero-order valence-electron chi connectivity index (χ0n) is 11.9. The largest absolute Gasteiger partial charge is 0.485 e. The Labute approximate surface area is 124 Å². The van der Waals surface area contributed by atoms with Crippen LogP contribution in [-0.2, 0) is 13.0 Å². The Hall–Kier alpha value is -2.71. The Morgan fingerprint density at radius 3 is 2.64 bits per heavy atom. The SMILES string of the molecule is COc1c([N+](=O)[O-])cc2c(nc3n2CCCCC3)c1[N+](=O)[O-]. The molecule has 22 heavy (non-hydrogen) atoms. The van der Waals surface area contributed by atoms with Crippen LogP contribution >= 0.6 is 0 Å². The second-order valence-corrected chi connectivity index (χ2v) is 5.15. The predicted molar refractivity (Wildman–Crippen MR) is 77.1 cm³/mol. The van der Waals surface area contributed by atoms with Crippen molar-refractivity contribution in [2.24, 2.45) is 0 Å². The van der Waals surface area contributed by atoms with Gasteiger partial charge < -0.3 is 9.30 Å². The highest BCUT2D eigenvalue weighted by Crippen LogP contribution is 2.43. The Morgan fingerprint density at radius 2 is 2.00 bits per heavy atom. The van der Waals surface area contributed by atoms with Crippen LogP contribution < -0.4 is 4.74 Å². The van der Waals surface area contributed by atoms with E-state index in [0.717, 1.165) is 25.1 Å². The van der Waals surface area contributed by atoms with Gasteiger partial charge >= 0.3 is 11.4 Å². The molecule has 0 bridgehead atoms. The zero-order valence-corrected chi connectivity index (χ0v) is 11.9. The Morgan fingerprint density at radius 1 is 1.23 bits per heavy atom. The van der Waals surface area contributed by atoms with Crippen molar-refractivity contribution in [2.45, 2.75) is 32.2 Å². The van der Waals surface area contributed by atoms with Crippen molar-refractivity contribution in [2.75, 3.05) is 7.11 Å². The molecular formula is C13H14N4O5. The van der Waals surface area contributed by atoms with Crippen LogP contribution in [0.4, 0.5) is 11.4 Å². The van der Waals surface area contributed by atoms with Crippen molar-refractivity contribution in [1.29, 1.82) is 0 Å². The highest BCUT2D eigenvalue weighted by atomic mass is 16.6. The maximum Gasteiger partial charge on any atom is 0.345 e. The quantitative estimate of drug-likeness (QED) is 0.636. The van der Waals surface area contributed by atoms with E-state index in [2.05, 4.69) is 4.98 Å². The first-order valence-corrected chi connectivity index (χ1v) is 6.93. The van der Waals surface area contributed by atoms with Gasteiger partial charge in [-0.05, 0) is 12.8 Å². The Bertz CT molecular complexity index is 783. The highest BCUT2D eigenvalue weighted by Gasteiger charge is 2.33. The molecule has 2 aromatic rings. The molecule has 0 unspecified atom stereocenters. The third kappa shape index (κ3) is 2.05. The maximum absolute atomic E-state index is 11.4. The fraction of sp³-hybridized carbons (Fsp3) is 0.462. The summed E-state index contributed by atoms with van der Waals surface area (Å²) in [5.41, 5.74) is -0.263. The van der Waals surface area contributed by atoms with Crippen LogP contribution in [0, 0.1) is 20.2 Å². The average molecular weight is 306 g/mol. The molecule has 1 aromatic heterocycles. The van der Waals surface area contributed by atoms with E-state index in [0.29, 0.717) is 18.5 Å². The molecule has 1 aliphatic heterocycles. The van der Waals surface area contributed by atoms with Crippen molar-refractivity contribution in [3.63, 3.8) is 0 Å². The summed E-state index contributed by atoms with van der Waals surface area (Å²) in [4.78, 5) is 25.7. The standard InChI is InChI=1S/C13H14N4O5/c1-22-13-9(16(18)19)7-8-11(12(13)17(20)21)14-10-5-3-2-4-6-15(8)10/h7H,2-6H2,1H3. The van der Waals surface area contributed by atoms with E-state index in [4.69, 9.17) is 4.74 Å². The van der Waals surface area contributed by atoms with Crippen LogP contribution in [0.5, 0.6) is 5.75 Å². The molecule has 0 atom stereocenters. The lowest BCUT2D eigenvalue weighted by atomic mass is 10.2. The number of aryl methyl sites for hydroxylation is 2. The van der Waals surface area contributed by atoms with Gasteiger partial charge in [-0.1, -0.05) is 6.42 Å². The second kappa shape index (κ2) is 5.24. The number of fused-ring (bicyclic) bond motifs is 3. The normalized spacial score (nSPS) is 14.4. The number of hydrogen-bond donors (Lipinski definition) is 0. The number of nitrogens with zero attached hydrogens (tertiary/aromatic N) is 4. The van der Waals surface area contributed by atoms with E-state index in [-0.39, 0.29) is 11.3 Å². The lowest BCUT2D eigenvalue weighted by Crippen LogP contribution is -2.02. The number of methoxy groups -OCH3 is 1. The van der Waals surface area contributed by atoms with E-state index in [1.165, 1.54) is 13.2 Å². The molecule has 9 heteroatoms. The summed E-state index contributed by atoms with van der Waals surface area (Å²) in [6, 6.07) is 1.32. The summed E-state index contributed by atoms with van der Waals surface area (Å²) in [6.07, 6.45) is 3.63. The van der Waals surface area contributed by atoms with E-state index in [1.807, 2.05) is 4.57 Å². The van der Waals surface area contributed by atoms with Crippen LogP contribution in [0.2, 0.25) is 0 Å². The molecule has 116 valence electrons. The number of aromatic nitrogens is 2. The average Bonchev–Trinajstić information content (AvgIpc) is 2.66. The topological polar surface area (TPSA) is 113 Å². The number of benzene rings is 1. The first-order chi connectivity index (χ1) is 10.5. The molecule has 0 N–H and O–H groups in total. The first kappa shape index (κ1) is 14.2. The van der Waals surface area contributed by atoms with E-state index >= 15 is 0 Å². The third-order valence-electron chi connectivity index (χ3n) is 3.90. The van der Waals surface area contributed by atoms with Crippen LogP contribution in [0.25, 0.3) is 11.0 Å².